The Labute approximate surface area is 160 Å². The second-order valence-corrected chi connectivity index (χ2v) is 7.48. The number of rotatable bonds is 5. The number of anilines is 1. The summed E-state index contributed by atoms with van der Waals surface area (Å²) in [6.07, 6.45) is 0. The third-order valence-corrected chi connectivity index (χ3v) is 5.30. The lowest BCUT2D eigenvalue weighted by Crippen LogP contribution is -3.16. The summed E-state index contributed by atoms with van der Waals surface area (Å²) in [5.74, 6) is 0.0943. The molecule has 1 saturated heterocycles. The van der Waals surface area contributed by atoms with Crippen molar-refractivity contribution in [2.45, 2.75) is 19.9 Å². The lowest BCUT2D eigenvalue weighted by Gasteiger charge is -2.34. The summed E-state index contributed by atoms with van der Waals surface area (Å²) >= 11 is 6.03. The van der Waals surface area contributed by atoms with Gasteiger partial charge in [-0.2, -0.15) is 0 Å². The van der Waals surface area contributed by atoms with E-state index in [1.165, 1.54) is 16.2 Å². The van der Waals surface area contributed by atoms with Gasteiger partial charge in [-0.25, -0.2) is 0 Å². The van der Waals surface area contributed by atoms with E-state index in [2.05, 4.69) is 41.4 Å². The molecule has 0 radical (unpaired) electrons. The lowest BCUT2D eigenvalue weighted by molar-refractivity contribution is -0.892. The van der Waals surface area contributed by atoms with E-state index in [9.17, 15) is 4.79 Å². The molecule has 1 fully saturated rings. The fraction of sp³-hybridized carbons (Fsp3) is 0.381. The van der Waals surface area contributed by atoms with Gasteiger partial charge in [-0.1, -0.05) is 41.9 Å². The number of carbonyl (C=O) groups excluding carboxylic acids is 1. The summed E-state index contributed by atoms with van der Waals surface area (Å²) in [7, 11) is 0. The number of amides is 1. The van der Waals surface area contributed by atoms with E-state index < -0.39 is 0 Å². The summed E-state index contributed by atoms with van der Waals surface area (Å²) < 4.78 is 0. The summed E-state index contributed by atoms with van der Waals surface area (Å²) in [5, 5.41) is 3.79. The fourth-order valence-corrected chi connectivity index (χ4v) is 3.74. The first-order chi connectivity index (χ1) is 12.5. The van der Waals surface area contributed by atoms with E-state index in [0.717, 1.165) is 31.7 Å². The first-order valence-electron chi connectivity index (χ1n) is 9.22. The number of hydrogen-bond acceptors (Lipinski definition) is 2. The Bertz CT molecular complexity index is 756. The predicted octanol–water partition coefficient (Wildman–Crippen LogP) is 2.23. The van der Waals surface area contributed by atoms with E-state index in [1.54, 1.807) is 0 Å². The minimum atomic E-state index is -0.0335. The zero-order valence-electron chi connectivity index (χ0n) is 15.5. The quantitative estimate of drug-likeness (QED) is 0.844. The van der Waals surface area contributed by atoms with Crippen LogP contribution in [0.15, 0.2) is 48.5 Å². The Morgan fingerprint density at radius 3 is 2.62 bits per heavy atom. The summed E-state index contributed by atoms with van der Waals surface area (Å²) in [6.45, 7) is 8.59. The van der Waals surface area contributed by atoms with Crippen LogP contribution in [0.3, 0.4) is 0 Å². The topological polar surface area (TPSA) is 36.8 Å². The summed E-state index contributed by atoms with van der Waals surface area (Å²) in [5.41, 5.74) is 3.65. The molecular formula is C21H27ClN3O+. The van der Waals surface area contributed by atoms with Crippen LogP contribution in [0, 0.1) is 6.92 Å². The number of piperazine rings is 1. The van der Waals surface area contributed by atoms with Gasteiger partial charge in [0, 0.05) is 10.7 Å². The van der Waals surface area contributed by atoms with Crippen molar-refractivity contribution in [2.24, 2.45) is 0 Å². The van der Waals surface area contributed by atoms with Crippen molar-refractivity contribution >= 4 is 23.2 Å². The van der Waals surface area contributed by atoms with Crippen LogP contribution in [0.25, 0.3) is 0 Å². The molecule has 1 heterocycles. The van der Waals surface area contributed by atoms with E-state index >= 15 is 0 Å². The number of hydrogen-bond donors (Lipinski definition) is 2. The zero-order valence-corrected chi connectivity index (χ0v) is 16.2. The highest BCUT2D eigenvalue weighted by atomic mass is 35.5. The van der Waals surface area contributed by atoms with Crippen molar-refractivity contribution in [3.63, 3.8) is 0 Å². The molecule has 0 unspecified atom stereocenters. The Morgan fingerprint density at radius 1 is 1.19 bits per heavy atom. The van der Waals surface area contributed by atoms with Gasteiger partial charge in [0.25, 0.3) is 5.91 Å². The fourth-order valence-electron chi connectivity index (χ4n) is 3.54. The third-order valence-electron chi connectivity index (χ3n) is 5.06. The third kappa shape index (κ3) is 4.77. The zero-order chi connectivity index (χ0) is 18.5. The van der Waals surface area contributed by atoms with Crippen molar-refractivity contribution in [2.75, 3.05) is 37.6 Å². The number of carbonyl (C=O) groups is 1. The van der Waals surface area contributed by atoms with Gasteiger partial charge in [-0.3, -0.25) is 4.79 Å². The maximum Gasteiger partial charge on any atom is 0.275 e. The Balaban J connectivity index is 1.48. The van der Waals surface area contributed by atoms with Crippen molar-refractivity contribution < 1.29 is 9.69 Å². The molecule has 0 saturated carbocycles. The average molecular weight is 373 g/mol. The molecule has 1 aliphatic rings. The van der Waals surface area contributed by atoms with Gasteiger partial charge in [0.2, 0.25) is 0 Å². The van der Waals surface area contributed by atoms with Crippen LogP contribution in [0.1, 0.15) is 24.1 Å². The molecule has 1 amide bonds. The number of quaternary nitrogens is 1. The average Bonchev–Trinajstić information content (AvgIpc) is 2.63. The molecule has 4 nitrogen and oxygen atoms in total. The molecular weight excluding hydrogens is 346 g/mol. The van der Waals surface area contributed by atoms with E-state index in [4.69, 9.17) is 11.6 Å². The van der Waals surface area contributed by atoms with E-state index in [1.807, 2.05) is 31.2 Å². The lowest BCUT2D eigenvalue weighted by atomic mass is 10.1. The monoisotopic (exact) mass is 372 g/mol. The van der Waals surface area contributed by atoms with Crippen molar-refractivity contribution in [1.82, 2.24) is 5.32 Å². The highest BCUT2D eigenvalue weighted by Crippen LogP contribution is 2.19. The number of nitrogens with one attached hydrogen (secondary N) is 2. The molecule has 5 heteroatoms. The standard InChI is InChI=1S/C21H26ClN3O/c1-16-6-3-4-9-20(16)25-12-10-24(11-13-25)15-21(26)23-17(2)18-7-5-8-19(22)14-18/h3-9,14,17H,10-13,15H2,1-2H3,(H,23,26)/p+1/t17-/m0/s1. The van der Waals surface area contributed by atoms with Gasteiger partial charge in [-0.15, -0.1) is 0 Å². The molecule has 138 valence electrons. The van der Waals surface area contributed by atoms with Crippen LogP contribution in [-0.2, 0) is 4.79 Å². The molecule has 26 heavy (non-hydrogen) atoms. The largest absolute Gasteiger partial charge is 0.360 e. The van der Waals surface area contributed by atoms with Crippen LogP contribution in [-0.4, -0.2) is 38.6 Å². The van der Waals surface area contributed by atoms with Crippen molar-refractivity contribution in [3.05, 3.63) is 64.7 Å². The Hall–Kier alpha value is -2.04. The molecule has 0 aliphatic carbocycles. The molecule has 0 spiro atoms. The molecule has 2 aromatic rings. The SMILES string of the molecule is Cc1ccccc1N1CC[NH+](CC(=O)N[C@@H](C)c2cccc(Cl)c2)CC1. The van der Waals surface area contributed by atoms with Gasteiger partial charge in [-0.05, 0) is 43.2 Å². The molecule has 0 bridgehead atoms. The number of benzene rings is 2. The summed E-state index contributed by atoms with van der Waals surface area (Å²) in [4.78, 5) is 16.2. The Morgan fingerprint density at radius 2 is 1.92 bits per heavy atom. The first kappa shape index (κ1) is 18.7. The molecule has 1 aliphatic heterocycles. The minimum Gasteiger partial charge on any atom is -0.360 e. The van der Waals surface area contributed by atoms with Crippen molar-refractivity contribution in [3.8, 4) is 0 Å². The first-order valence-corrected chi connectivity index (χ1v) is 9.59. The molecule has 2 aromatic carbocycles. The molecule has 0 aromatic heterocycles. The van der Waals surface area contributed by atoms with Crippen LogP contribution < -0.4 is 15.1 Å². The molecule has 1 atom stereocenters. The number of aryl methyl sites for hydroxylation is 1. The molecule has 2 N–H and O–H groups in total. The Kier molecular flexibility index (Phi) is 6.17. The maximum absolute atomic E-state index is 12.4. The van der Waals surface area contributed by atoms with Gasteiger partial charge >= 0.3 is 0 Å². The van der Waals surface area contributed by atoms with Crippen LogP contribution in [0.5, 0.6) is 0 Å². The van der Waals surface area contributed by atoms with Gasteiger partial charge in [0.15, 0.2) is 6.54 Å². The predicted molar refractivity (Wildman–Crippen MR) is 107 cm³/mol. The normalized spacial score (nSPS) is 16.3. The number of para-hydroxylation sites is 1. The van der Waals surface area contributed by atoms with Gasteiger partial charge < -0.3 is 15.1 Å². The number of nitrogens with zero attached hydrogens (tertiary/aromatic N) is 1. The van der Waals surface area contributed by atoms with E-state index in [0.29, 0.717) is 11.6 Å². The molecule has 3 rings (SSSR count). The van der Waals surface area contributed by atoms with E-state index in [-0.39, 0.29) is 11.9 Å². The second-order valence-electron chi connectivity index (χ2n) is 7.04. The van der Waals surface area contributed by atoms with Gasteiger partial charge in [0.05, 0.1) is 32.2 Å². The number of halogens is 1. The summed E-state index contributed by atoms with van der Waals surface area (Å²) in [6, 6.07) is 16.1. The highest BCUT2D eigenvalue weighted by molar-refractivity contribution is 6.30. The second kappa shape index (κ2) is 8.56. The van der Waals surface area contributed by atoms with Crippen molar-refractivity contribution in [1.29, 1.82) is 0 Å². The maximum atomic E-state index is 12.4. The smallest absolute Gasteiger partial charge is 0.275 e. The highest BCUT2D eigenvalue weighted by Gasteiger charge is 2.23. The van der Waals surface area contributed by atoms with Crippen LogP contribution in [0.4, 0.5) is 5.69 Å². The minimum absolute atomic E-state index is 0.0335. The van der Waals surface area contributed by atoms with Crippen LogP contribution >= 0.6 is 11.6 Å². The van der Waals surface area contributed by atoms with Gasteiger partial charge in [0.1, 0.15) is 0 Å². The van der Waals surface area contributed by atoms with Crippen LogP contribution in [0.2, 0.25) is 5.02 Å².